The fourth-order valence-corrected chi connectivity index (χ4v) is 1.41. The van der Waals surface area contributed by atoms with Crippen LogP contribution < -0.4 is 0 Å². The molecule has 0 aliphatic heterocycles. The predicted molar refractivity (Wildman–Crippen MR) is 44.4 cm³/mol. The normalized spacial score (nSPS) is 25.5. The van der Waals surface area contributed by atoms with Crippen molar-refractivity contribution in [3.63, 3.8) is 0 Å². The Kier molecular flexibility index (Phi) is 3.60. The molecule has 0 bridgehead atoms. The zero-order valence-corrected chi connectivity index (χ0v) is 7.14. The smallest absolute Gasteiger partial charge is 0.146 e. The van der Waals surface area contributed by atoms with Crippen molar-refractivity contribution in [2.24, 2.45) is 0 Å². The summed E-state index contributed by atoms with van der Waals surface area (Å²) in [5, 5.41) is 0. The van der Waals surface area contributed by atoms with Gasteiger partial charge < -0.3 is 9.47 Å². The lowest BCUT2D eigenvalue weighted by Crippen LogP contribution is -2.18. The second kappa shape index (κ2) is 4.52. The summed E-state index contributed by atoms with van der Waals surface area (Å²) in [5.74, 6) is 0. The van der Waals surface area contributed by atoms with E-state index < -0.39 is 0 Å². The molecule has 0 aromatic heterocycles. The third kappa shape index (κ3) is 3.04. The zero-order valence-electron chi connectivity index (χ0n) is 7.14. The highest BCUT2D eigenvalue weighted by atomic mass is 16.7. The molecule has 1 atom stereocenters. The van der Waals surface area contributed by atoms with Crippen LogP contribution in [0.1, 0.15) is 25.7 Å². The van der Waals surface area contributed by atoms with Crippen molar-refractivity contribution in [2.45, 2.75) is 31.8 Å². The van der Waals surface area contributed by atoms with Gasteiger partial charge in [-0.15, -0.1) is 0 Å². The lowest BCUT2D eigenvalue weighted by Gasteiger charge is -2.23. The summed E-state index contributed by atoms with van der Waals surface area (Å²) in [6.07, 6.45) is 4.92. The summed E-state index contributed by atoms with van der Waals surface area (Å²) in [5.41, 5.74) is 1.32. The number of ether oxygens (including phenoxy) is 2. The summed E-state index contributed by atoms with van der Waals surface area (Å²) in [6.45, 7) is 4.37. The molecule has 0 N–H and O–H groups in total. The van der Waals surface area contributed by atoms with Crippen LogP contribution in [0.4, 0.5) is 0 Å². The van der Waals surface area contributed by atoms with E-state index in [0.717, 1.165) is 12.8 Å². The molecule has 0 amide bonds. The standard InChI is InChI=1S/C9H16O2/c1-8-4-3-5-9(6-8)11-7-10-2/h9H,1,3-7H2,2H3. The Morgan fingerprint density at radius 3 is 3.09 bits per heavy atom. The predicted octanol–water partition coefficient (Wildman–Crippen LogP) is 2.11. The quantitative estimate of drug-likeness (QED) is 0.460. The minimum Gasteiger partial charge on any atom is -0.359 e. The van der Waals surface area contributed by atoms with Crippen molar-refractivity contribution in [2.75, 3.05) is 13.9 Å². The maximum absolute atomic E-state index is 5.42. The maximum atomic E-state index is 5.42. The van der Waals surface area contributed by atoms with E-state index in [1.807, 2.05) is 0 Å². The fraction of sp³-hybridized carbons (Fsp3) is 0.778. The van der Waals surface area contributed by atoms with Crippen molar-refractivity contribution in [3.05, 3.63) is 12.2 Å². The van der Waals surface area contributed by atoms with Gasteiger partial charge in [0.15, 0.2) is 0 Å². The van der Waals surface area contributed by atoms with Gasteiger partial charge in [0.05, 0.1) is 6.10 Å². The molecule has 0 aromatic carbocycles. The van der Waals surface area contributed by atoms with Gasteiger partial charge in [-0.2, -0.15) is 0 Å². The number of methoxy groups -OCH3 is 1. The van der Waals surface area contributed by atoms with Crippen LogP contribution in [0, 0.1) is 0 Å². The van der Waals surface area contributed by atoms with Gasteiger partial charge in [0.2, 0.25) is 0 Å². The highest BCUT2D eigenvalue weighted by Gasteiger charge is 2.15. The molecule has 0 saturated heterocycles. The summed E-state index contributed by atoms with van der Waals surface area (Å²) in [6, 6.07) is 0. The summed E-state index contributed by atoms with van der Waals surface area (Å²) >= 11 is 0. The first kappa shape index (κ1) is 8.75. The Labute approximate surface area is 68.2 Å². The SMILES string of the molecule is C=C1CCCC(OCOC)C1. The second-order valence-electron chi connectivity index (χ2n) is 3.04. The molecule has 0 radical (unpaired) electrons. The van der Waals surface area contributed by atoms with Gasteiger partial charge in [-0.05, 0) is 25.7 Å². The van der Waals surface area contributed by atoms with Gasteiger partial charge in [-0.1, -0.05) is 12.2 Å². The summed E-state index contributed by atoms with van der Waals surface area (Å²) in [7, 11) is 1.65. The summed E-state index contributed by atoms with van der Waals surface area (Å²) in [4.78, 5) is 0. The molecule has 0 heterocycles. The molecule has 1 unspecified atom stereocenters. The zero-order chi connectivity index (χ0) is 8.10. The van der Waals surface area contributed by atoms with Crippen LogP contribution in [0.15, 0.2) is 12.2 Å². The number of hydrogen-bond donors (Lipinski definition) is 0. The molecule has 11 heavy (non-hydrogen) atoms. The van der Waals surface area contributed by atoms with Crippen LogP contribution in [-0.2, 0) is 9.47 Å². The lowest BCUT2D eigenvalue weighted by molar-refractivity contribution is -0.0769. The van der Waals surface area contributed by atoms with Crippen molar-refractivity contribution < 1.29 is 9.47 Å². The average molecular weight is 156 g/mol. The lowest BCUT2D eigenvalue weighted by atomic mass is 9.94. The minimum absolute atomic E-state index is 0.358. The number of hydrogen-bond acceptors (Lipinski definition) is 2. The van der Waals surface area contributed by atoms with E-state index in [4.69, 9.17) is 9.47 Å². The average Bonchev–Trinajstić information content (AvgIpc) is 2.01. The van der Waals surface area contributed by atoms with Gasteiger partial charge in [0.1, 0.15) is 6.79 Å². The minimum atomic E-state index is 0.358. The molecule has 1 aliphatic rings. The molecule has 1 rings (SSSR count). The highest BCUT2D eigenvalue weighted by molar-refractivity contribution is 4.99. The van der Waals surface area contributed by atoms with Crippen molar-refractivity contribution in [1.29, 1.82) is 0 Å². The molecular weight excluding hydrogens is 140 g/mol. The Bertz CT molecular complexity index is 132. The van der Waals surface area contributed by atoms with E-state index in [1.165, 1.54) is 18.4 Å². The van der Waals surface area contributed by atoms with Gasteiger partial charge in [-0.25, -0.2) is 0 Å². The van der Waals surface area contributed by atoms with E-state index in [-0.39, 0.29) is 0 Å². The largest absolute Gasteiger partial charge is 0.359 e. The molecule has 2 heteroatoms. The van der Waals surface area contributed by atoms with Gasteiger partial charge in [0, 0.05) is 7.11 Å². The van der Waals surface area contributed by atoms with Gasteiger partial charge in [0.25, 0.3) is 0 Å². The molecule has 1 aliphatic carbocycles. The van der Waals surface area contributed by atoms with Crippen molar-refractivity contribution in [1.82, 2.24) is 0 Å². The summed E-state index contributed by atoms with van der Waals surface area (Å²) < 4.78 is 10.2. The van der Waals surface area contributed by atoms with E-state index in [1.54, 1.807) is 7.11 Å². The van der Waals surface area contributed by atoms with E-state index >= 15 is 0 Å². The van der Waals surface area contributed by atoms with Crippen LogP contribution in [-0.4, -0.2) is 20.0 Å². The van der Waals surface area contributed by atoms with E-state index in [9.17, 15) is 0 Å². The molecule has 64 valence electrons. The van der Waals surface area contributed by atoms with Crippen LogP contribution >= 0.6 is 0 Å². The van der Waals surface area contributed by atoms with Crippen LogP contribution in [0.2, 0.25) is 0 Å². The van der Waals surface area contributed by atoms with Gasteiger partial charge in [-0.3, -0.25) is 0 Å². The fourth-order valence-electron chi connectivity index (χ4n) is 1.41. The molecule has 1 fully saturated rings. The Balaban J connectivity index is 2.17. The first-order valence-electron chi connectivity index (χ1n) is 4.10. The maximum Gasteiger partial charge on any atom is 0.146 e. The third-order valence-corrected chi connectivity index (χ3v) is 1.99. The van der Waals surface area contributed by atoms with E-state index in [2.05, 4.69) is 6.58 Å². The molecule has 2 nitrogen and oxygen atoms in total. The van der Waals surface area contributed by atoms with E-state index in [0.29, 0.717) is 12.9 Å². The molecule has 0 aromatic rings. The van der Waals surface area contributed by atoms with Crippen LogP contribution in [0.5, 0.6) is 0 Å². The van der Waals surface area contributed by atoms with Gasteiger partial charge >= 0.3 is 0 Å². The Morgan fingerprint density at radius 1 is 1.64 bits per heavy atom. The number of rotatable bonds is 3. The van der Waals surface area contributed by atoms with Crippen molar-refractivity contribution >= 4 is 0 Å². The topological polar surface area (TPSA) is 18.5 Å². The van der Waals surface area contributed by atoms with Crippen molar-refractivity contribution in [3.8, 4) is 0 Å². The Hall–Kier alpha value is -0.340. The van der Waals surface area contributed by atoms with Crippen LogP contribution in [0.3, 0.4) is 0 Å². The molecule has 1 saturated carbocycles. The first-order valence-corrected chi connectivity index (χ1v) is 4.10. The highest BCUT2D eigenvalue weighted by Crippen LogP contribution is 2.23. The molecular formula is C9H16O2. The second-order valence-corrected chi connectivity index (χ2v) is 3.04. The first-order chi connectivity index (χ1) is 5.33. The third-order valence-electron chi connectivity index (χ3n) is 1.99. The van der Waals surface area contributed by atoms with Crippen LogP contribution in [0.25, 0.3) is 0 Å². The molecule has 0 spiro atoms. The monoisotopic (exact) mass is 156 g/mol. The Morgan fingerprint density at radius 2 is 2.45 bits per heavy atom.